The third-order valence-electron chi connectivity index (χ3n) is 3.70. The lowest BCUT2D eigenvalue weighted by Crippen LogP contribution is -2.51. The summed E-state index contributed by atoms with van der Waals surface area (Å²) >= 11 is 0. The predicted octanol–water partition coefficient (Wildman–Crippen LogP) is -0.782. The summed E-state index contributed by atoms with van der Waals surface area (Å²) in [6, 6.07) is -0.0227. The van der Waals surface area contributed by atoms with Gasteiger partial charge in [-0.15, -0.1) is 0 Å². The minimum Gasteiger partial charge on any atom is -0.340 e. The monoisotopic (exact) mass is 275 g/mol. The van der Waals surface area contributed by atoms with E-state index in [2.05, 4.69) is 0 Å². The Bertz CT molecular complexity index is 411. The van der Waals surface area contributed by atoms with Crippen molar-refractivity contribution in [2.45, 2.75) is 25.3 Å². The zero-order valence-electron chi connectivity index (χ0n) is 10.7. The number of nitrogens with zero attached hydrogens (tertiary/aromatic N) is 2. The first-order chi connectivity index (χ1) is 8.38. The minimum atomic E-state index is -3.13. The molecule has 1 amide bonds. The molecule has 1 aliphatic heterocycles. The van der Waals surface area contributed by atoms with E-state index in [4.69, 9.17) is 5.73 Å². The average molecular weight is 275 g/mol. The molecule has 1 unspecified atom stereocenters. The Balaban J connectivity index is 1.80. The summed E-state index contributed by atoms with van der Waals surface area (Å²) in [4.78, 5) is 13.7. The van der Waals surface area contributed by atoms with E-state index in [0.717, 1.165) is 12.8 Å². The number of amides is 1. The molecule has 0 radical (unpaired) electrons. The lowest BCUT2D eigenvalue weighted by molar-refractivity contribution is -0.132. The van der Waals surface area contributed by atoms with Gasteiger partial charge < -0.3 is 10.6 Å². The molecule has 1 aliphatic carbocycles. The van der Waals surface area contributed by atoms with Crippen molar-refractivity contribution >= 4 is 15.9 Å². The van der Waals surface area contributed by atoms with Crippen molar-refractivity contribution in [1.29, 1.82) is 0 Å². The van der Waals surface area contributed by atoms with Gasteiger partial charge in [-0.3, -0.25) is 4.79 Å². The van der Waals surface area contributed by atoms with E-state index in [9.17, 15) is 13.2 Å². The first-order valence-corrected chi connectivity index (χ1v) is 8.21. The maximum absolute atomic E-state index is 12.0. The third-order valence-corrected chi connectivity index (χ3v) is 5.00. The van der Waals surface area contributed by atoms with Crippen molar-refractivity contribution in [1.82, 2.24) is 9.21 Å². The molecule has 0 aromatic carbocycles. The van der Waals surface area contributed by atoms with E-state index in [1.807, 2.05) is 0 Å². The molecule has 7 heteroatoms. The number of carbonyl (C=O) groups excluding carboxylic acids is 1. The van der Waals surface area contributed by atoms with Crippen LogP contribution in [0.25, 0.3) is 0 Å². The van der Waals surface area contributed by atoms with Crippen LogP contribution in [0.3, 0.4) is 0 Å². The molecule has 0 bridgehead atoms. The molecule has 1 saturated carbocycles. The highest BCUT2D eigenvalue weighted by Gasteiger charge is 2.32. The molecule has 2 aliphatic rings. The van der Waals surface area contributed by atoms with Crippen LogP contribution in [0.5, 0.6) is 0 Å². The Morgan fingerprint density at radius 3 is 2.28 bits per heavy atom. The molecule has 0 spiro atoms. The van der Waals surface area contributed by atoms with Crippen LogP contribution in [0.2, 0.25) is 0 Å². The smallest absolute Gasteiger partial charge is 0.224 e. The zero-order chi connectivity index (χ0) is 13.3. The van der Waals surface area contributed by atoms with E-state index in [0.29, 0.717) is 38.5 Å². The fourth-order valence-electron chi connectivity index (χ4n) is 2.29. The lowest BCUT2D eigenvalue weighted by Gasteiger charge is -2.33. The highest BCUT2D eigenvalue weighted by atomic mass is 32.2. The quantitative estimate of drug-likeness (QED) is 0.729. The maximum Gasteiger partial charge on any atom is 0.224 e. The molecule has 2 fully saturated rings. The lowest BCUT2D eigenvalue weighted by atomic mass is 10.1. The van der Waals surface area contributed by atoms with E-state index >= 15 is 0 Å². The Kier molecular flexibility index (Phi) is 3.93. The van der Waals surface area contributed by atoms with Gasteiger partial charge in [0.15, 0.2) is 0 Å². The molecule has 6 nitrogen and oxygen atoms in total. The number of hydrogen-bond donors (Lipinski definition) is 1. The van der Waals surface area contributed by atoms with Crippen LogP contribution in [0.4, 0.5) is 0 Å². The van der Waals surface area contributed by atoms with Crippen molar-refractivity contribution in [3.05, 3.63) is 0 Å². The van der Waals surface area contributed by atoms with Gasteiger partial charge in [-0.1, -0.05) is 0 Å². The van der Waals surface area contributed by atoms with Crippen molar-refractivity contribution in [3.8, 4) is 0 Å². The molecule has 1 heterocycles. The van der Waals surface area contributed by atoms with Crippen LogP contribution < -0.4 is 5.73 Å². The SMILES string of the molecule is CS(=O)(=O)N1CCN(C(=O)CC(N)C2CC2)CC1. The molecule has 1 atom stereocenters. The first-order valence-electron chi connectivity index (χ1n) is 6.36. The zero-order valence-corrected chi connectivity index (χ0v) is 11.5. The fourth-order valence-corrected chi connectivity index (χ4v) is 3.12. The minimum absolute atomic E-state index is 0.0227. The molecule has 18 heavy (non-hydrogen) atoms. The van der Waals surface area contributed by atoms with Gasteiger partial charge in [0.25, 0.3) is 0 Å². The van der Waals surface area contributed by atoms with E-state index in [1.54, 1.807) is 4.90 Å². The van der Waals surface area contributed by atoms with Crippen molar-refractivity contribution in [2.75, 3.05) is 32.4 Å². The third kappa shape index (κ3) is 3.43. The van der Waals surface area contributed by atoms with Crippen LogP contribution >= 0.6 is 0 Å². The Labute approximate surface area is 108 Å². The van der Waals surface area contributed by atoms with E-state index in [1.165, 1.54) is 10.6 Å². The molecule has 0 aromatic rings. The number of carbonyl (C=O) groups is 1. The van der Waals surface area contributed by atoms with Crippen LogP contribution in [-0.4, -0.2) is 62.0 Å². The van der Waals surface area contributed by atoms with Gasteiger partial charge in [-0.2, -0.15) is 4.31 Å². The van der Waals surface area contributed by atoms with Crippen molar-refractivity contribution in [3.63, 3.8) is 0 Å². The number of nitrogens with two attached hydrogens (primary N) is 1. The van der Waals surface area contributed by atoms with E-state index in [-0.39, 0.29) is 11.9 Å². The van der Waals surface area contributed by atoms with Gasteiger partial charge >= 0.3 is 0 Å². The first kappa shape index (κ1) is 13.8. The van der Waals surface area contributed by atoms with Gasteiger partial charge in [0.2, 0.25) is 15.9 Å². The summed E-state index contributed by atoms with van der Waals surface area (Å²) in [7, 11) is -3.13. The summed E-state index contributed by atoms with van der Waals surface area (Å²) in [5.74, 6) is 0.578. The van der Waals surface area contributed by atoms with Gasteiger partial charge in [0.1, 0.15) is 0 Å². The largest absolute Gasteiger partial charge is 0.340 e. The second-order valence-corrected chi connectivity index (χ2v) is 7.23. The fraction of sp³-hybridized carbons (Fsp3) is 0.909. The molecule has 2 N–H and O–H groups in total. The second kappa shape index (κ2) is 5.14. The highest BCUT2D eigenvalue weighted by molar-refractivity contribution is 7.88. The van der Waals surface area contributed by atoms with Gasteiger partial charge in [0.05, 0.1) is 6.26 Å². The molecular formula is C11H21N3O3S. The summed E-state index contributed by atoms with van der Waals surface area (Å²) in [6.45, 7) is 1.74. The summed E-state index contributed by atoms with van der Waals surface area (Å²) in [5.41, 5.74) is 5.93. The molecule has 0 aromatic heterocycles. The summed E-state index contributed by atoms with van der Waals surface area (Å²) in [5, 5.41) is 0. The molecule has 2 rings (SSSR count). The molecule has 1 saturated heterocycles. The summed E-state index contributed by atoms with van der Waals surface area (Å²) < 4.78 is 24.1. The summed E-state index contributed by atoms with van der Waals surface area (Å²) in [6.07, 6.45) is 3.86. The number of hydrogen-bond acceptors (Lipinski definition) is 4. The molecule has 104 valence electrons. The van der Waals surface area contributed by atoms with Crippen LogP contribution in [0, 0.1) is 5.92 Å². The van der Waals surface area contributed by atoms with Gasteiger partial charge in [-0.25, -0.2) is 8.42 Å². The van der Waals surface area contributed by atoms with Crippen molar-refractivity contribution in [2.24, 2.45) is 11.7 Å². The highest BCUT2D eigenvalue weighted by Crippen LogP contribution is 2.33. The Morgan fingerprint density at radius 1 is 1.28 bits per heavy atom. The van der Waals surface area contributed by atoms with Gasteiger partial charge in [-0.05, 0) is 18.8 Å². The molecular weight excluding hydrogens is 254 g/mol. The second-order valence-electron chi connectivity index (χ2n) is 5.25. The maximum atomic E-state index is 12.0. The number of rotatable bonds is 4. The van der Waals surface area contributed by atoms with Crippen LogP contribution in [0.1, 0.15) is 19.3 Å². The predicted molar refractivity (Wildman–Crippen MR) is 68.3 cm³/mol. The Hall–Kier alpha value is -0.660. The standard InChI is InChI=1S/C11H21N3O3S/c1-18(16,17)14-6-4-13(5-7-14)11(15)8-10(12)9-2-3-9/h9-10H,2-8,12H2,1H3. The number of piperazine rings is 1. The number of sulfonamides is 1. The normalized spacial score (nSPS) is 24.0. The topological polar surface area (TPSA) is 83.7 Å². The van der Waals surface area contributed by atoms with Gasteiger partial charge in [0, 0.05) is 38.6 Å². The van der Waals surface area contributed by atoms with Crippen LogP contribution in [-0.2, 0) is 14.8 Å². The Morgan fingerprint density at radius 2 is 1.83 bits per heavy atom. The van der Waals surface area contributed by atoms with E-state index < -0.39 is 10.0 Å². The van der Waals surface area contributed by atoms with Crippen LogP contribution in [0.15, 0.2) is 0 Å². The van der Waals surface area contributed by atoms with Crippen molar-refractivity contribution < 1.29 is 13.2 Å². The average Bonchev–Trinajstić information content (AvgIpc) is 3.11.